The molecule has 1 amide bonds. The number of ether oxygens (including phenoxy) is 1. The summed E-state index contributed by atoms with van der Waals surface area (Å²) in [5.41, 5.74) is 2.24. The lowest BCUT2D eigenvalue weighted by molar-refractivity contribution is -0.120. The molecule has 0 aromatic heterocycles. The molecule has 0 unspecified atom stereocenters. The number of aryl methyl sites for hydroxylation is 1. The predicted molar refractivity (Wildman–Crippen MR) is 108 cm³/mol. The molecule has 27 heavy (non-hydrogen) atoms. The third kappa shape index (κ3) is 5.47. The Morgan fingerprint density at radius 3 is 2.30 bits per heavy atom. The molecule has 0 radical (unpaired) electrons. The molecule has 0 saturated carbocycles. The van der Waals surface area contributed by atoms with Crippen molar-refractivity contribution in [1.29, 1.82) is 0 Å². The monoisotopic (exact) mass is 390 g/mol. The summed E-state index contributed by atoms with van der Waals surface area (Å²) in [6.45, 7) is 3.51. The van der Waals surface area contributed by atoms with E-state index in [0.717, 1.165) is 27.4 Å². The van der Waals surface area contributed by atoms with Gasteiger partial charge in [0.25, 0.3) is 0 Å². The van der Waals surface area contributed by atoms with Crippen molar-refractivity contribution < 1.29 is 17.9 Å². The Morgan fingerprint density at radius 1 is 1.15 bits per heavy atom. The van der Waals surface area contributed by atoms with Crippen LogP contribution in [0.2, 0.25) is 0 Å². The molecule has 6 nitrogen and oxygen atoms in total. The molecule has 0 aliphatic heterocycles. The fraction of sp³-hybridized carbons (Fsp3) is 0.350. The number of sulfonamides is 1. The van der Waals surface area contributed by atoms with E-state index < -0.39 is 10.0 Å². The maximum absolute atomic E-state index is 12.6. The smallest absolute Gasteiger partial charge is 0.241 e. The third-order valence-corrected chi connectivity index (χ3v) is 5.46. The highest BCUT2D eigenvalue weighted by molar-refractivity contribution is 7.92. The number of nitrogens with zero attached hydrogens (tertiary/aromatic N) is 1. The van der Waals surface area contributed by atoms with E-state index in [2.05, 4.69) is 5.32 Å². The first-order valence-electron chi connectivity index (χ1n) is 8.73. The molecule has 0 bridgehead atoms. The van der Waals surface area contributed by atoms with E-state index in [-0.39, 0.29) is 18.5 Å². The van der Waals surface area contributed by atoms with Crippen LogP contribution >= 0.6 is 0 Å². The van der Waals surface area contributed by atoms with Crippen LogP contribution in [0.4, 0.5) is 5.69 Å². The van der Waals surface area contributed by atoms with Crippen molar-refractivity contribution in [2.45, 2.75) is 26.3 Å². The number of amides is 1. The molecular weight excluding hydrogens is 364 g/mol. The number of rotatable bonds is 8. The zero-order valence-corrected chi connectivity index (χ0v) is 16.9. The summed E-state index contributed by atoms with van der Waals surface area (Å²) in [5.74, 6) is 0.383. The second-order valence-electron chi connectivity index (χ2n) is 6.36. The van der Waals surface area contributed by atoms with Crippen molar-refractivity contribution in [3.63, 3.8) is 0 Å². The molecule has 0 aliphatic rings. The number of anilines is 1. The van der Waals surface area contributed by atoms with Crippen LogP contribution in [0.1, 0.15) is 30.5 Å². The molecule has 2 aromatic rings. The quantitative estimate of drug-likeness (QED) is 0.752. The predicted octanol–water partition coefficient (Wildman–Crippen LogP) is 3.04. The Hall–Kier alpha value is -2.54. The number of hydrogen-bond acceptors (Lipinski definition) is 4. The highest BCUT2D eigenvalue weighted by Gasteiger charge is 2.23. The summed E-state index contributed by atoms with van der Waals surface area (Å²) < 4.78 is 30.8. The number of hydrogen-bond donors (Lipinski definition) is 1. The van der Waals surface area contributed by atoms with Gasteiger partial charge < -0.3 is 10.1 Å². The average molecular weight is 391 g/mol. The van der Waals surface area contributed by atoms with Crippen LogP contribution < -0.4 is 14.4 Å². The van der Waals surface area contributed by atoms with Gasteiger partial charge in [-0.3, -0.25) is 9.10 Å². The summed E-state index contributed by atoms with van der Waals surface area (Å²) in [7, 11) is -2.00. The van der Waals surface area contributed by atoms with E-state index in [0.29, 0.717) is 12.1 Å². The van der Waals surface area contributed by atoms with Gasteiger partial charge in [0.15, 0.2) is 0 Å². The van der Waals surface area contributed by atoms with E-state index in [9.17, 15) is 13.2 Å². The number of carbonyl (C=O) groups is 1. The largest absolute Gasteiger partial charge is 0.497 e. The molecule has 7 heteroatoms. The fourth-order valence-corrected chi connectivity index (χ4v) is 3.77. The normalized spacial score (nSPS) is 12.3. The topological polar surface area (TPSA) is 75.7 Å². The standard InChI is InChI=1S/C20H26N2O4S/c1-5-18(16-10-12-17(26-3)13-11-16)21-20(23)14-22(27(4,24)25)19-9-7-6-8-15(19)2/h6-13,18H,5,14H2,1-4H3,(H,21,23)/t18-/m0/s1. The summed E-state index contributed by atoms with van der Waals surface area (Å²) in [5, 5.41) is 2.93. The van der Waals surface area contributed by atoms with Crippen LogP contribution in [0.3, 0.4) is 0 Å². The zero-order valence-electron chi connectivity index (χ0n) is 16.1. The third-order valence-electron chi connectivity index (χ3n) is 4.33. The Labute approximate surface area is 161 Å². The minimum atomic E-state index is -3.60. The minimum Gasteiger partial charge on any atom is -0.497 e. The molecule has 1 N–H and O–H groups in total. The van der Waals surface area contributed by atoms with Gasteiger partial charge in [-0.1, -0.05) is 37.3 Å². The van der Waals surface area contributed by atoms with Crippen LogP contribution in [-0.2, 0) is 14.8 Å². The number of methoxy groups -OCH3 is 1. The van der Waals surface area contributed by atoms with E-state index in [4.69, 9.17) is 4.74 Å². The van der Waals surface area contributed by atoms with Crippen LogP contribution in [0.5, 0.6) is 5.75 Å². The molecular formula is C20H26N2O4S. The van der Waals surface area contributed by atoms with Crippen molar-refractivity contribution in [3.05, 3.63) is 59.7 Å². The molecule has 146 valence electrons. The van der Waals surface area contributed by atoms with Gasteiger partial charge in [-0.25, -0.2) is 8.42 Å². The Kier molecular flexibility index (Phi) is 6.85. The summed E-state index contributed by atoms with van der Waals surface area (Å²) in [6, 6.07) is 14.3. The van der Waals surface area contributed by atoms with Crippen LogP contribution in [-0.4, -0.2) is 34.2 Å². The Morgan fingerprint density at radius 2 is 1.78 bits per heavy atom. The van der Waals surface area contributed by atoms with Gasteiger partial charge in [0.2, 0.25) is 15.9 Å². The van der Waals surface area contributed by atoms with Gasteiger partial charge in [-0.15, -0.1) is 0 Å². The maximum Gasteiger partial charge on any atom is 0.241 e. The highest BCUT2D eigenvalue weighted by Crippen LogP contribution is 2.23. The number of carbonyl (C=O) groups excluding carboxylic acids is 1. The first-order chi connectivity index (χ1) is 12.8. The van der Waals surface area contributed by atoms with Crippen molar-refractivity contribution >= 4 is 21.6 Å². The van der Waals surface area contributed by atoms with Gasteiger partial charge in [-0.2, -0.15) is 0 Å². The summed E-state index contributed by atoms with van der Waals surface area (Å²) >= 11 is 0. The van der Waals surface area contributed by atoms with Crippen molar-refractivity contribution in [1.82, 2.24) is 5.32 Å². The van der Waals surface area contributed by atoms with Gasteiger partial charge in [-0.05, 0) is 42.7 Å². The molecule has 0 spiro atoms. The van der Waals surface area contributed by atoms with Gasteiger partial charge in [0, 0.05) is 0 Å². The summed E-state index contributed by atoms with van der Waals surface area (Å²) in [4.78, 5) is 12.6. The lowest BCUT2D eigenvalue weighted by atomic mass is 10.0. The Balaban J connectivity index is 2.18. The molecule has 0 aliphatic carbocycles. The second-order valence-corrected chi connectivity index (χ2v) is 8.26. The van der Waals surface area contributed by atoms with Crippen molar-refractivity contribution in [2.24, 2.45) is 0 Å². The fourth-order valence-electron chi connectivity index (χ4n) is 2.85. The molecule has 1 atom stereocenters. The molecule has 2 aromatic carbocycles. The van der Waals surface area contributed by atoms with Gasteiger partial charge in [0.1, 0.15) is 12.3 Å². The van der Waals surface area contributed by atoms with E-state index in [1.54, 1.807) is 19.2 Å². The maximum atomic E-state index is 12.6. The molecule has 0 heterocycles. The highest BCUT2D eigenvalue weighted by atomic mass is 32.2. The van der Waals surface area contributed by atoms with Gasteiger partial charge in [0.05, 0.1) is 25.1 Å². The minimum absolute atomic E-state index is 0.207. The van der Waals surface area contributed by atoms with Crippen molar-refractivity contribution in [3.8, 4) is 5.75 Å². The molecule has 0 saturated heterocycles. The van der Waals surface area contributed by atoms with E-state index in [1.807, 2.05) is 50.2 Å². The molecule has 0 fully saturated rings. The number of benzene rings is 2. The average Bonchev–Trinajstić information content (AvgIpc) is 2.64. The van der Waals surface area contributed by atoms with Crippen LogP contribution in [0.25, 0.3) is 0 Å². The van der Waals surface area contributed by atoms with E-state index in [1.165, 1.54) is 0 Å². The summed E-state index contributed by atoms with van der Waals surface area (Å²) in [6.07, 6.45) is 1.79. The van der Waals surface area contributed by atoms with Gasteiger partial charge >= 0.3 is 0 Å². The van der Waals surface area contributed by atoms with Crippen LogP contribution in [0, 0.1) is 6.92 Å². The Bertz CT molecular complexity index is 879. The zero-order chi connectivity index (χ0) is 20.0. The second kappa shape index (κ2) is 8.90. The van der Waals surface area contributed by atoms with E-state index >= 15 is 0 Å². The number of nitrogens with one attached hydrogen (secondary N) is 1. The van der Waals surface area contributed by atoms with Crippen molar-refractivity contribution in [2.75, 3.05) is 24.2 Å². The van der Waals surface area contributed by atoms with Crippen LogP contribution in [0.15, 0.2) is 48.5 Å². The lowest BCUT2D eigenvalue weighted by Crippen LogP contribution is -2.41. The SMILES string of the molecule is CC[C@H](NC(=O)CN(c1ccccc1C)S(C)(=O)=O)c1ccc(OC)cc1. The first-order valence-corrected chi connectivity index (χ1v) is 10.6. The lowest BCUT2D eigenvalue weighted by Gasteiger charge is -2.25. The first kappa shape index (κ1) is 20.8. The molecule has 2 rings (SSSR count). The number of para-hydroxylation sites is 1.